The minimum atomic E-state index is 0.132. The van der Waals surface area contributed by atoms with Crippen LogP contribution in [-0.4, -0.2) is 36.5 Å². The molecule has 1 aliphatic carbocycles. The van der Waals surface area contributed by atoms with Crippen molar-refractivity contribution in [2.45, 2.75) is 50.3 Å². The van der Waals surface area contributed by atoms with Crippen LogP contribution in [0.1, 0.15) is 39.0 Å². The van der Waals surface area contributed by atoms with Gasteiger partial charge in [-0.05, 0) is 25.5 Å². The molecule has 1 aliphatic rings. The van der Waals surface area contributed by atoms with Gasteiger partial charge in [0.25, 0.3) is 0 Å². The van der Waals surface area contributed by atoms with Gasteiger partial charge in [0.1, 0.15) is 0 Å². The van der Waals surface area contributed by atoms with Gasteiger partial charge in [-0.2, -0.15) is 11.8 Å². The van der Waals surface area contributed by atoms with Gasteiger partial charge in [0.05, 0.1) is 6.54 Å². The molecule has 1 saturated carbocycles. The first kappa shape index (κ1) is 13.8. The average molecular weight is 244 g/mol. The molecule has 2 N–H and O–H groups in total. The van der Waals surface area contributed by atoms with E-state index in [1.54, 1.807) is 0 Å². The van der Waals surface area contributed by atoms with Gasteiger partial charge in [-0.25, -0.2) is 0 Å². The molecule has 0 saturated heterocycles. The van der Waals surface area contributed by atoms with E-state index in [4.69, 9.17) is 0 Å². The van der Waals surface area contributed by atoms with Crippen LogP contribution in [0.3, 0.4) is 0 Å². The molecule has 1 fully saturated rings. The Bertz CT molecular complexity index is 211. The maximum Gasteiger partial charge on any atom is 0.233 e. The lowest BCUT2D eigenvalue weighted by Crippen LogP contribution is -2.45. The first-order chi connectivity index (χ1) is 7.77. The molecule has 1 rings (SSSR count). The van der Waals surface area contributed by atoms with Gasteiger partial charge in [0.15, 0.2) is 0 Å². The molecule has 2 atom stereocenters. The normalized spacial score (nSPS) is 25.4. The summed E-state index contributed by atoms with van der Waals surface area (Å²) in [5, 5.41) is 6.98. The van der Waals surface area contributed by atoms with Crippen LogP contribution in [0.15, 0.2) is 0 Å². The molecule has 0 aromatic carbocycles. The summed E-state index contributed by atoms with van der Waals surface area (Å²) in [6.45, 7) is 3.33. The Morgan fingerprint density at radius 2 is 2.12 bits per heavy atom. The SMILES string of the molecule is CCCNC(=O)CNC1CCCCC1SC. The first-order valence-electron chi connectivity index (χ1n) is 6.30. The van der Waals surface area contributed by atoms with Crippen molar-refractivity contribution in [1.29, 1.82) is 0 Å². The van der Waals surface area contributed by atoms with E-state index in [0.717, 1.165) is 13.0 Å². The zero-order chi connectivity index (χ0) is 11.8. The summed E-state index contributed by atoms with van der Waals surface area (Å²) in [4.78, 5) is 11.5. The molecule has 4 heteroatoms. The fraction of sp³-hybridized carbons (Fsp3) is 0.917. The second-order valence-electron chi connectivity index (χ2n) is 4.40. The van der Waals surface area contributed by atoms with Crippen molar-refractivity contribution in [3.05, 3.63) is 0 Å². The number of thioether (sulfide) groups is 1. The number of rotatable bonds is 6. The van der Waals surface area contributed by atoms with E-state index in [-0.39, 0.29) is 5.91 Å². The quantitative estimate of drug-likeness (QED) is 0.748. The first-order valence-corrected chi connectivity index (χ1v) is 7.59. The lowest BCUT2D eigenvalue weighted by Gasteiger charge is -2.30. The largest absolute Gasteiger partial charge is 0.355 e. The average Bonchev–Trinajstić information content (AvgIpc) is 2.34. The third-order valence-corrected chi connectivity index (χ3v) is 4.27. The molecule has 3 nitrogen and oxygen atoms in total. The molecule has 2 unspecified atom stereocenters. The molecule has 0 aliphatic heterocycles. The molecular weight excluding hydrogens is 220 g/mol. The van der Waals surface area contributed by atoms with Crippen molar-refractivity contribution < 1.29 is 4.79 Å². The summed E-state index contributed by atoms with van der Waals surface area (Å²) in [6.07, 6.45) is 8.31. The minimum absolute atomic E-state index is 0.132. The van der Waals surface area contributed by atoms with Crippen LogP contribution in [0.4, 0.5) is 0 Å². The van der Waals surface area contributed by atoms with Crippen LogP contribution in [0.2, 0.25) is 0 Å². The summed E-state index contributed by atoms with van der Waals surface area (Å²) in [5.74, 6) is 0.132. The van der Waals surface area contributed by atoms with Gasteiger partial charge < -0.3 is 10.6 Å². The Morgan fingerprint density at radius 1 is 1.38 bits per heavy atom. The van der Waals surface area contributed by atoms with Gasteiger partial charge in [0.2, 0.25) is 5.91 Å². The highest BCUT2D eigenvalue weighted by Gasteiger charge is 2.24. The highest BCUT2D eigenvalue weighted by Crippen LogP contribution is 2.26. The maximum absolute atomic E-state index is 11.5. The van der Waals surface area contributed by atoms with E-state index < -0.39 is 0 Å². The minimum Gasteiger partial charge on any atom is -0.355 e. The number of carbonyl (C=O) groups is 1. The molecule has 0 radical (unpaired) electrons. The van der Waals surface area contributed by atoms with E-state index in [2.05, 4.69) is 23.8 Å². The number of nitrogens with one attached hydrogen (secondary N) is 2. The lowest BCUT2D eigenvalue weighted by molar-refractivity contribution is -0.120. The number of hydrogen-bond donors (Lipinski definition) is 2. The summed E-state index contributed by atoms with van der Waals surface area (Å²) in [6, 6.07) is 0.524. The van der Waals surface area contributed by atoms with E-state index in [9.17, 15) is 4.79 Å². The van der Waals surface area contributed by atoms with Crippen LogP contribution >= 0.6 is 11.8 Å². The smallest absolute Gasteiger partial charge is 0.233 e. The molecule has 0 aromatic rings. The van der Waals surface area contributed by atoms with Gasteiger partial charge in [0, 0.05) is 17.8 Å². The fourth-order valence-electron chi connectivity index (χ4n) is 2.16. The third kappa shape index (κ3) is 4.74. The van der Waals surface area contributed by atoms with Gasteiger partial charge in [-0.3, -0.25) is 4.79 Å². The Kier molecular flexibility index (Phi) is 6.88. The molecule has 16 heavy (non-hydrogen) atoms. The maximum atomic E-state index is 11.5. The Labute approximate surface area is 103 Å². The molecule has 0 bridgehead atoms. The van der Waals surface area contributed by atoms with Crippen LogP contribution in [0, 0.1) is 0 Å². The summed E-state index contributed by atoms with van der Waals surface area (Å²) in [5.41, 5.74) is 0. The van der Waals surface area contributed by atoms with Crippen LogP contribution in [0.5, 0.6) is 0 Å². The Morgan fingerprint density at radius 3 is 2.81 bits per heavy atom. The summed E-state index contributed by atoms with van der Waals surface area (Å²) >= 11 is 1.93. The van der Waals surface area contributed by atoms with Crippen LogP contribution in [0.25, 0.3) is 0 Å². The second kappa shape index (κ2) is 7.96. The van der Waals surface area contributed by atoms with E-state index in [1.807, 2.05) is 11.8 Å². The van der Waals surface area contributed by atoms with Crippen molar-refractivity contribution in [2.75, 3.05) is 19.3 Å². The summed E-state index contributed by atoms with van der Waals surface area (Å²) < 4.78 is 0. The second-order valence-corrected chi connectivity index (χ2v) is 5.47. The lowest BCUT2D eigenvalue weighted by atomic mass is 9.95. The summed E-state index contributed by atoms with van der Waals surface area (Å²) in [7, 11) is 0. The van der Waals surface area contributed by atoms with Crippen molar-refractivity contribution in [1.82, 2.24) is 10.6 Å². The zero-order valence-electron chi connectivity index (χ0n) is 10.4. The van der Waals surface area contributed by atoms with Crippen molar-refractivity contribution in [3.63, 3.8) is 0 Å². The molecule has 0 aromatic heterocycles. The van der Waals surface area contributed by atoms with E-state index in [1.165, 1.54) is 25.7 Å². The zero-order valence-corrected chi connectivity index (χ0v) is 11.2. The Hall–Kier alpha value is -0.220. The van der Waals surface area contributed by atoms with Crippen molar-refractivity contribution in [2.24, 2.45) is 0 Å². The van der Waals surface area contributed by atoms with Crippen molar-refractivity contribution >= 4 is 17.7 Å². The number of amides is 1. The van der Waals surface area contributed by atoms with E-state index in [0.29, 0.717) is 17.8 Å². The molecule has 0 heterocycles. The van der Waals surface area contributed by atoms with E-state index >= 15 is 0 Å². The topological polar surface area (TPSA) is 41.1 Å². The molecule has 94 valence electrons. The van der Waals surface area contributed by atoms with Crippen LogP contribution in [-0.2, 0) is 4.79 Å². The predicted molar refractivity (Wildman–Crippen MR) is 70.9 cm³/mol. The standard InChI is InChI=1S/C12H24N2OS/c1-3-8-13-12(15)9-14-10-6-4-5-7-11(10)16-2/h10-11,14H,3-9H2,1-2H3,(H,13,15). The molecule has 0 spiro atoms. The number of hydrogen-bond acceptors (Lipinski definition) is 3. The monoisotopic (exact) mass is 244 g/mol. The molecular formula is C12H24N2OS. The van der Waals surface area contributed by atoms with Gasteiger partial charge in [-0.1, -0.05) is 19.8 Å². The molecule has 1 amide bonds. The highest BCUT2D eigenvalue weighted by molar-refractivity contribution is 7.99. The third-order valence-electron chi connectivity index (χ3n) is 3.10. The highest BCUT2D eigenvalue weighted by atomic mass is 32.2. The predicted octanol–water partition coefficient (Wildman–Crippen LogP) is 1.78. The number of carbonyl (C=O) groups excluding carboxylic acids is 1. The van der Waals surface area contributed by atoms with Crippen LogP contribution < -0.4 is 10.6 Å². The van der Waals surface area contributed by atoms with Gasteiger partial charge >= 0.3 is 0 Å². The Balaban J connectivity index is 2.21. The van der Waals surface area contributed by atoms with Gasteiger partial charge in [-0.15, -0.1) is 0 Å². The van der Waals surface area contributed by atoms with Crippen molar-refractivity contribution in [3.8, 4) is 0 Å². The fourth-order valence-corrected chi connectivity index (χ4v) is 3.13.